The molecule has 0 aliphatic carbocycles. The highest BCUT2D eigenvalue weighted by Gasteiger charge is 2.14. The van der Waals surface area contributed by atoms with Crippen molar-refractivity contribution in [3.05, 3.63) is 6.33 Å². The van der Waals surface area contributed by atoms with E-state index >= 15 is 0 Å². The average molecular weight is 203 g/mol. The summed E-state index contributed by atoms with van der Waals surface area (Å²) in [6.45, 7) is 0. The van der Waals surface area contributed by atoms with Gasteiger partial charge in [0.15, 0.2) is 11.3 Å². The lowest BCUT2D eigenvalue weighted by atomic mass is 10.4. The van der Waals surface area contributed by atoms with Crippen LogP contribution < -0.4 is 0 Å². The van der Waals surface area contributed by atoms with E-state index in [1.165, 1.54) is 6.33 Å². The van der Waals surface area contributed by atoms with Gasteiger partial charge < -0.3 is 14.8 Å². The molecule has 1 rings (SSSR count). The van der Waals surface area contributed by atoms with Crippen LogP contribution in [0.1, 0.15) is 0 Å². The van der Waals surface area contributed by atoms with Crippen molar-refractivity contribution in [3.63, 3.8) is 0 Å². The summed E-state index contributed by atoms with van der Waals surface area (Å²) < 4.78 is 1.65. The second-order valence-corrected chi connectivity index (χ2v) is 3.38. The maximum Gasteiger partial charge on any atom is 0.333 e. The summed E-state index contributed by atoms with van der Waals surface area (Å²) in [5.41, 5.74) is 0. The van der Waals surface area contributed by atoms with E-state index in [0.29, 0.717) is 5.16 Å². The number of nitrogens with zero attached hydrogens (tertiary/aromatic N) is 3. The number of carboxylic acid groups (broad SMARTS) is 1. The molecule has 72 valence electrons. The smallest absolute Gasteiger partial charge is 0.333 e. The molecule has 1 heterocycles. The lowest BCUT2D eigenvalue weighted by Gasteiger charge is -2.03. The molecule has 2 N–H and O–H groups in total. The average Bonchev–Trinajstić information content (AvgIpc) is 2.47. The minimum absolute atomic E-state index is 0.0713. The van der Waals surface area contributed by atoms with E-state index in [1.807, 2.05) is 0 Å². The Morgan fingerprint density at radius 1 is 1.85 bits per heavy atom. The molecule has 13 heavy (non-hydrogen) atoms. The molecule has 0 radical (unpaired) electrons. The number of hydrogen-bond acceptors (Lipinski definition) is 5. The van der Waals surface area contributed by atoms with E-state index in [2.05, 4.69) is 10.2 Å². The molecular formula is C6H9N3O3S. The van der Waals surface area contributed by atoms with Crippen LogP contribution in [0, 0.1) is 0 Å². The van der Waals surface area contributed by atoms with Gasteiger partial charge >= 0.3 is 5.97 Å². The maximum absolute atomic E-state index is 10.2. The summed E-state index contributed by atoms with van der Waals surface area (Å²) in [5, 5.41) is 25.2. The number of aliphatic hydroxyl groups is 1. The standard InChI is InChI=1S/C6H9N3O3S/c1-9-3-7-8-6(9)13-2-4(10)5(11)12/h3-4,10H,2H2,1H3,(H,11,12). The van der Waals surface area contributed by atoms with Crippen LogP contribution in [-0.4, -0.2) is 42.8 Å². The molecule has 0 aliphatic rings. The van der Waals surface area contributed by atoms with Gasteiger partial charge in [0, 0.05) is 12.8 Å². The van der Waals surface area contributed by atoms with Crippen LogP contribution in [0.25, 0.3) is 0 Å². The largest absolute Gasteiger partial charge is 0.479 e. The summed E-state index contributed by atoms with van der Waals surface area (Å²) >= 11 is 1.15. The van der Waals surface area contributed by atoms with Crippen LogP contribution in [0.3, 0.4) is 0 Å². The molecule has 0 amide bonds. The molecule has 7 heteroatoms. The van der Waals surface area contributed by atoms with Gasteiger partial charge in [-0.2, -0.15) is 0 Å². The molecule has 0 spiro atoms. The van der Waals surface area contributed by atoms with Crippen molar-refractivity contribution in [3.8, 4) is 0 Å². The number of thioether (sulfide) groups is 1. The monoisotopic (exact) mass is 203 g/mol. The van der Waals surface area contributed by atoms with Crippen molar-refractivity contribution < 1.29 is 15.0 Å². The predicted molar refractivity (Wildman–Crippen MR) is 45.4 cm³/mol. The molecule has 0 aromatic carbocycles. The molecule has 0 saturated heterocycles. The quantitative estimate of drug-likeness (QED) is 0.632. The van der Waals surface area contributed by atoms with Gasteiger partial charge in [0.25, 0.3) is 0 Å². The van der Waals surface area contributed by atoms with Crippen LogP contribution in [0.15, 0.2) is 11.5 Å². The number of aryl methyl sites for hydroxylation is 1. The van der Waals surface area contributed by atoms with Crippen molar-refractivity contribution in [1.29, 1.82) is 0 Å². The van der Waals surface area contributed by atoms with Crippen molar-refractivity contribution in [2.75, 3.05) is 5.75 Å². The van der Waals surface area contributed by atoms with Crippen LogP contribution in [-0.2, 0) is 11.8 Å². The molecule has 6 nitrogen and oxygen atoms in total. The molecule has 1 unspecified atom stereocenters. The van der Waals surface area contributed by atoms with E-state index in [4.69, 9.17) is 10.2 Å². The second kappa shape index (κ2) is 4.24. The predicted octanol–water partition coefficient (Wildman–Crippen LogP) is -0.647. The molecular weight excluding hydrogens is 194 g/mol. The zero-order valence-corrected chi connectivity index (χ0v) is 7.73. The molecule has 1 aromatic heterocycles. The lowest BCUT2D eigenvalue weighted by molar-refractivity contribution is -0.145. The van der Waals surface area contributed by atoms with Gasteiger partial charge in [0.05, 0.1) is 0 Å². The fraction of sp³-hybridized carbons (Fsp3) is 0.500. The van der Waals surface area contributed by atoms with Gasteiger partial charge in [0.2, 0.25) is 0 Å². The Labute approximate surface area is 78.6 Å². The summed E-state index contributed by atoms with van der Waals surface area (Å²) in [6.07, 6.45) is 0.150. The first-order chi connectivity index (χ1) is 6.11. The maximum atomic E-state index is 10.2. The summed E-state index contributed by atoms with van der Waals surface area (Å²) in [6, 6.07) is 0. The third-order valence-electron chi connectivity index (χ3n) is 1.33. The van der Waals surface area contributed by atoms with Crippen LogP contribution in [0.2, 0.25) is 0 Å². The third-order valence-corrected chi connectivity index (χ3v) is 2.44. The highest BCUT2D eigenvalue weighted by Crippen LogP contribution is 2.14. The fourth-order valence-electron chi connectivity index (χ4n) is 0.628. The SMILES string of the molecule is Cn1cnnc1SCC(O)C(=O)O. The summed E-state index contributed by atoms with van der Waals surface area (Å²) in [7, 11) is 1.75. The molecule has 0 bridgehead atoms. The topological polar surface area (TPSA) is 88.2 Å². The number of aromatic nitrogens is 3. The first kappa shape index (κ1) is 10.0. The van der Waals surface area contributed by atoms with Crippen molar-refractivity contribution >= 4 is 17.7 Å². The van der Waals surface area contributed by atoms with Gasteiger partial charge in [-0.1, -0.05) is 11.8 Å². The normalized spacial score (nSPS) is 12.8. The van der Waals surface area contributed by atoms with Crippen molar-refractivity contribution in [2.24, 2.45) is 7.05 Å². The van der Waals surface area contributed by atoms with E-state index in [9.17, 15) is 4.79 Å². The molecule has 1 atom stereocenters. The zero-order chi connectivity index (χ0) is 9.84. The number of aliphatic hydroxyl groups excluding tert-OH is 1. The number of rotatable bonds is 4. The Hall–Kier alpha value is -1.08. The van der Waals surface area contributed by atoms with E-state index in [-0.39, 0.29) is 5.75 Å². The van der Waals surface area contributed by atoms with E-state index in [0.717, 1.165) is 11.8 Å². The van der Waals surface area contributed by atoms with Crippen LogP contribution in [0.4, 0.5) is 0 Å². The molecule has 0 fully saturated rings. The van der Waals surface area contributed by atoms with Crippen LogP contribution in [0.5, 0.6) is 0 Å². The van der Waals surface area contributed by atoms with Crippen LogP contribution >= 0.6 is 11.8 Å². The first-order valence-electron chi connectivity index (χ1n) is 3.49. The number of carboxylic acids is 1. The van der Waals surface area contributed by atoms with E-state index < -0.39 is 12.1 Å². The van der Waals surface area contributed by atoms with Crippen molar-refractivity contribution in [2.45, 2.75) is 11.3 Å². The summed E-state index contributed by atoms with van der Waals surface area (Å²) in [5.74, 6) is -1.16. The molecule has 0 aliphatic heterocycles. The Morgan fingerprint density at radius 3 is 3.00 bits per heavy atom. The Morgan fingerprint density at radius 2 is 2.54 bits per heavy atom. The highest BCUT2D eigenvalue weighted by molar-refractivity contribution is 7.99. The number of hydrogen-bond donors (Lipinski definition) is 2. The Balaban J connectivity index is 2.44. The highest BCUT2D eigenvalue weighted by atomic mass is 32.2. The van der Waals surface area contributed by atoms with Gasteiger partial charge in [-0.05, 0) is 0 Å². The first-order valence-corrected chi connectivity index (χ1v) is 4.47. The van der Waals surface area contributed by atoms with E-state index in [1.54, 1.807) is 11.6 Å². The van der Waals surface area contributed by atoms with Gasteiger partial charge in [0.1, 0.15) is 6.33 Å². The number of aliphatic carboxylic acids is 1. The molecule has 0 saturated carbocycles. The number of carbonyl (C=O) groups is 1. The Bertz CT molecular complexity index is 301. The zero-order valence-electron chi connectivity index (χ0n) is 6.91. The minimum atomic E-state index is -1.36. The summed E-state index contributed by atoms with van der Waals surface area (Å²) in [4.78, 5) is 10.2. The minimum Gasteiger partial charge on any atom is -0.479 e. The lowest BCUT2D eigenvalue weighted by Crippen LogP contribution is -2.22. The van der Waals surface area contributed by atoms with Gasteiger partial charge in [-0.3, -0.25) is 0 Å². The fourth-order valence-corrected chi connectivity index (χ4v) is 1.43. The molecule has 1 aromatic rings. The van der Waals surface area contributed by atoms with Gasteiger partial charge in [-0.25, -0.2) is 4.79 Å². The second-order valence-electron chi connectivity index (χ2n) is 2.39. The Kier molecular flexibility index (Phi) is 3.26. The third kappa shape index (κ3) is 2.71. The van der Waals surface area contributed by atoms with Crippen molar-refractivity contribution in [1.82, 2.24) is 14.8 Å². The van der Waals surface area contributed by atoms with Gasteiger partial charge in [-0.15, -0.1) is 10.2 Å².